The Morgan fingerprint density at radius 1 is 1.53 bits per heavy atom. The number of fused-ring (bicyclic) bond motifs is 1. The summed E-state index contributed by atoms with van der Waals surface area (Å²) >= 11 is 0. The number of nitrogens with one attached hydrogen (secondary N) is 1. The molecule has 0 bridgehead atoms. The highest BCUT2D eigenvalue weighted by atomic mass is 16.5. The molecule has 1 aliphatic heterocycles. The van der Waals surface area contributed by atoms with Crippen molar-refractivity contribution in [2.75, 3.05) is 20.3 Å². The van der Waals surface area contributed by atoms with E-state index in [-0.39, 0.29) is 25.0 Å². The molecule has 0 aliphatic carbocycles. The zero-order valence-corrected chi connectivity index (χ0v) is 10.5. The van der Waals surface area contributed by atoms with Crippen LogP contribution in [0.25, 0.3) is 0 Å². The maximum Gasteiger partial charge on any atom is 0.322 e. The van der Waals surface area contributed by atoms with Crippen molar-refractivity contribution >= 4 is 11.9 Å². The summed E-state index contributed by atoms with van der Waals surface area (Å²) in [6.45, 7) is -0.120. The van der Waals surface area contributed by atoms with Crippen molar-refractivity contribution in [2.45, 2.75) is 6.42 Å². The number of carboxylic acids is 1. The van der Waals surface area contributed by atoms with Gasteiger partial charge in [0, 0.05) is 0 Å². The number of amides is 1. The lowest BCUT2D eigenvalue weighted by Gasteiger charge is -2.24. The van der Waals surface area contributed by atoms with Crippen molar-refractivity contribution in [3.05, 3.63) is 23.8 Å². The van der Waals surface area contributed by atoms with Crippen LogP contribution in [0.3, 0.4) is 0 Å². The quantitative estimate of drug-likeness (QED) is 0.825. The minimum Gasteiger partial charge on any atom is -0.497 e. The number of methoxy groups -OCH3 is 1. The smallest absolute Gasteiger partial charge is 0.322 e. The van der Waals surface area contributed by atoms with E-state index in [0.717, 1.165) is 11.3 Å². The summed E-state index contributed by atoms with van der Waals surface area (Å²) in [5.41, 5.74) is 0.890. The van der Waals surface area contributed by atoms with Gasteiger partial charge in [0.2, 0.25) is 5.91 Å². The van der Waals surface area contributed by atoms with Crippen LogP contribution in [0, 0.1) is 5.92 Å². The minimum atomic E-state index is -1.06. The van der Waals surface area contributed by atoms with Gasteiger partial charge in [-0.05, 0) is 30.2 Å². The predicted molar refractivity (Wildman–Crippen MR) is 66.3 cm³/mol. The van der Waals surface area contributed by atoms with Gasteiger partial charge in [-0.2, -0.15) is 0 Å². The van der Waals surface area contributed by atoms with Crippen molar-refractivity contribution < 1.29 is 24.2 Å². The number of hydrogen-bond acceptors (Lipinski definition) is 4. The molecule has 0 aromatic heterocycles. The fourth-order valence-electron chi connectivity index (χ4n) is 1.97. The molecule has 1 amide bonds. The van der Waals surface area contributed by atoms with E-state index in [1.165, 1.54) is 0 Å². The van der Waals surface area contributed by atoms with Gasteiger partial charge in [-0.25, -0.2) is 0 Å². The zero-order valence-electron chi connectivity index (χ0n) is 10.5. The predicted octanol–water partition coefficient (Wildman–Crippen LogP) is 0.447. The molecule has 0 saturated carbocycles. The molecule has 0 radical (unpaired) electrons. The van der Waals surface area contributed by atoms with Crippen molar-refractivity contribution in [3.8, 4) is 11.5 Å². The summed E-state index contributed by atoms with van der Waals surface area (Å²) < 4.78 is 10.6. The first kappa shape index (κ1) is 13.2. The third-order valence-electron chi connectivity index (χ3n) is 2.96. The number of hydrogen-bond donors (Lipinski definition) is 2. The molecule has 2 N–H and O–H groups in total. The van der Waals surface area contributed by atoms with Crippen LogP contribution in [0.15, 0.2) is 18.2 Å². The Bertz CT molecular complexity index is 500. The fraction of sp³-hybridized carbons (Fsp3) is 0.385. The number of rotatable bonds is 4. The maximum absolute atomic E-state index is 11.8. The van der Waals surface area contributed by atoms with Gasteiger partial charge in [0.1, 0.15) is 24.7 Å². The fourth-order valence-corrected chi connectivity index (χ4v) is 1.97. The third kappa shape index (κ3) is 3.15. The van der Waals surface area contributed by atoms with Gasteiger partial charge < -0.3 is 19.9 Å². The molecular formula is C13H15NO5. The first-order valence-electron chi connectivity index (χ1n) is 5.89. The SMILES string of the molecule is COc1ccc2c(c1)C[C@@H](C(=O)NCC(=O)O)CO2. The molecule has 1 aromatic carbocycles. The highest BCUT2D eigenvalue weighted by Gasteiger charge is 2.26. The molecule has 0 unspecified atom stereocenters. The van der Waals surface area contributed by atoms with Gasteiger partial charge in [-0.3, -0.25) is 9.59 Å². The van der Waals surface area contributed by atoms with Crippen molar-refractivity contribution in [1.29, 1.82) is 0 Å². The molecule has 1 atom stereocenters. The molecule has 0 spiro atoms. The Kier molecular flexibility index (Phi) is 3.89. The van der Waals surface area contributed by atoms with Crippen LogP contribution in [-0.4, -0.2) is 37.2 Å². The molecular weight excluding hydrogens is 250 g/mol. The van der Waals surface area contributed by atoms with Crippen molar-refractivity contribution in [1.82, 2.24) is 5.32 Å². The summed E-state index contributed by atoms with van der Waals surface area (Å²) in [6.07, 6.45) is 0.512. The van der Waals surface area contributed by atoms with Gasteiger partial charge >= 0.3 is 5.97 Å². The molecule has 0 fully saturated rings. The Morgan fingerprint density at radius 3 is 3.00 bits per heavy atom. The highest BCUT2D eigenvalue weighted by molar-refractivity contribution is 5.83. The average molecular weight is 265 g/mol. The second-order valence-corrected chi connectivity index (χ2v) is 4.30. The molecule has 1 heterocycles. The highest BCUT2D eigenvalue weighted by Crippen LogP contribution is 2.30. The van der Waals surface area contributed by atoms with Gasteiger partial charge in [-0.1, -0.05) is 0 Å². The van der Waals surface area contributed by atoms with Gasteiger partial charge in [-0.15, -0.1) is 0 Å². The molecule has 6 heteroatoms. The summed E-state index contributed by atoms with van der Waals surface area (Å²) in [4.78, 5) is 22.2. The molecule has 0 saturated heterocycles. The standard InChI is InChI=1S/C13H15NO5/c1-18-10-2-3-11-8(5-10)4-9(7-19-11)13(17)14-6-12(15)16/h2-3,5,9H,4,6-7H2,1H3,(H,14,17)(H,15,16)/t9-/m1/s1. The van der Waals surface area contributed by atoms with Gasteiger partial charge in [0.15, 0.2) is 0 Å². The van der Waals surface area contributed by atoms with Gasteiger partial charge in [0.05, 0.1) is 13.0 Å². The Labute approximate surface area is 110 Å². The molecule has 2 rings (SSSR count). The van der Waals surface area contributed by atoms with E-state index in [4.69, 9.17) is 14.6 Å². The first-order valence-corrected chi connectivity index (χ1v) is 5.89. The number of aliphatic carboxylic acids is 1. The monoisotopic (exact) mass is 265 g/mol. The number of carbonyl (C=O) groups is 2. The summed E-state index contributed by atoms with van der Waals surface area (Å²) in [5.74, 6) is -0.306. The maximum atomic E-state index is 11.8. The lowest BCUT2D eigenvalue weighted by atomic mass is 9.96. The Balaban J connectivity index is 2.04. The Hall–Kier alpha value is -2.24. The van der Waals surface area contributed by atoms with E-state index in [0.29, 0.717) is 12.2 Å². The Morgan fingerprint density at radius 2 is 2.32 bits per heavy atom. The molecule has 6 nitrogen and oxygen atoms in total. The molecule has 1 aromatic rings. The molecule has 19 heavy (non-hydrogen) atoms. The van der Waals surface area contributed by atoms with Crippen molar-refractivity contribution in [3.63, 3.8) is 0 Å². The number of benzene rings is 1. The summed E-state index contributed by atoms with van der Waals surface area (Å²) in [6, 6.07) is 5.43. The van der Waals surface area contributed by atoms with Crippen LogP contribution in [0.2, 0.25) is 0 Å². The van der Waals surface area contributed by atoms with Crippen LogP contribution in [0.1, 0.15) is 5.56 Å². The van der Waals surface area contributed by atoms with Crippen LogP contribution in [-0.2, 0) is 16.0 Å². The lowest BCUT2D eigenvalue weighted by molar-refractivity contribution is -0.138. The largest absolute Gasteiger partial charge is 0.497 e. The van der Waals surface area contributed by atoms with E-state index >= 15 is 0 Å². The van der Waals surface area contributed by atoms with Gasteiger partial charge in [0.25, 0.3) is 0 Å². The second-order valence-electron chi connectivity index (χ2n) is 4.30. The van der Waals surface area contributed by atoms with E-state index in [1.807, 2.05) is 6.07 Å². The van der Waals surface area contributed by atoms with E-state index < -0.39 is 5.97 Å². The molecule has 1 aliphatic rings. The van der Waals surface area contributed by atoms with Crippen molar-refractivity contribution in [2.24, 2.45) is 5.92 Å². The third-order valence-corrected chi connectivity index (χ3v) is 2.96. The van der Waals surface area contributed by atoms with Crippen LogP contribution in [0.4, 0.5) is 0 Å². The summed E-state index contributed by atoms with van der Waals surface area (Å²) in [7, 11) is 1.57. The van der Waals surface area contributed by atoms with E-state index in [2.05, 4.69) is 5.32 Å². The topological polar surface area (TPSA) is 84.9 Å². The minimum absolute atomic E-state index is 0.255. The summed E-state index contributed by atoms with van der Waals surface area (Å²) in [5, 5.41) is 10.9. The molecule has 102 valence electrons. The normalized spacial score (nSPS) is 17.0. The van der Waals surface area contributed by atoms with Crippen LogP contribution in [0.5, 0.6) is 11.5 Å². The zero-order chi connectivity index (χ0) is 13.8. The number of carboxylic acid groups (broad SMARTS) is 1. The number of ether oxygens (including phenoxy) is 2. The van der Waals surface area contributed by atoms with Crippen LogP contribution < -0.4 is 14.8 Å². The van der Waals surface area contributed by atoms with Crippen LogP contribution >= 0.6 is 0 Å². The van der Waals surface area contributed by atoms with E-state index in [9.17, 15) is 9.59 Å². The average Bonchev–Trinajstić information content (AvgIpc) is 2.43. The lowest BCUT2D eigenvalue weighted by Crippen LogP contribution is -2.39. The number of carbonyl (C=O) groups excluding carboxylic acids is 1. The van der Waals surface area contributed by atoms with E-state index in [1.54, 1.807) is 19.2 Å². The first-order chi connectivity index (χ1) is 9.10. The second kappa shape index (κ2) is 5.60.